The number of benzene rings is 2. The monoisotopic (exact) mass is 282 g/mol. The maximum Gasteiger partial charge on any atom is 0.0991 e. The predicted molar refractivity (Wildman–Crippen MR) is 84.6 cm³/mol. The van der Waals surface area contributed by atoms with Crippen LogP contribution < -0.4 is 5.32 Å². The molecule has 20 heavy (non-hydrogen) atoms. The fourth-order valence-electron chi connectivity index (χ4n) is 2.10. The molecule has 2 aromatic carbocycles. The molecule has 0 heterocycles. The van der Waals surface area contributed by atoms with Crippen molar-refractivity contribution in [2.75, 3.05) is 6.26 Å². The van der Waals surface area contributed by atoms with Gasteiger partial charge in [-0.3, -0.25) is 0 Å². The Balaban J connectivity index is 2.01. The lowest BCUT2D eigenvalue weighted by Gasteiger charge is -2.17. The molecule has 0 saturated carbocycles. The topological polar surface area (TPSA) is 35.8 Å². The first kappa shape index (κ1) is 14.6. The molecule has 2 rings (SSSR count). The molecule has 0 aliphatic rings. The largest absolute Gasteiger partial charge is 0.306 e. The van der Waals surface area contributed by atoms with Crippen LogP contribution in [0.3, 0.4) is 0 Å². The second-order valence-electron chi connectivity index (χ2n) is 4.65. The van der Waals surface area contributed by atoms with E-state index in [2.05, 4.69) is 48.8 Å². The first-order valence-corrected chi connectivity index (χ1v) is 7.82. The van der Waals surface area contributed by atoms with Crippen molar-refractivity contribution < 1.29 is 0 Å². The number of hydrogen-bond donors (Lipinski definition) is 1. The van der Waals surface area contributed by atoms with Crippen molar-refractivity contribution in [2.45, 2.75) is 24.4 Å². The van der Waals surface area contributed by atoms with Gasteiger partial charge in [-0.25, -0.2) is 0 Å². The molecule has 0 amide bonds. The van der Waals surface area contributed by atoms with Crippen molar-refractivity contribution in [3.63, 3.8) is 0 Å². The summed E-state index contributed by atoms with van der Waals surface area (Å²) in [4.78, 5) is 1.31. The molecule has 2 aromatic rings. The highest BCUT2D eigenvalue weighted by Crippen LogP contribution is 2.25. The highest BCUT2D eigenvalue weighted by molar-refractivity contribution is 7.98. The van der Waals surface area contributed by atoms with Crippen molar-refractivity contribution in [1.29, 1.82) is 5.26 Å². The zero-order valence-electron chi connectivity index (χ0n) is 11.8. The van der Waals surface area contributed by atoms with E-state index < -0.39 is 0 Å². The van der Waals surface area contributed by atoms with Gasteiger partial charge in [-0.05, 0) is 42.5 Å². The Morgan fingerprint density at radius 3 is 2.50 bits per heavy atom. The van der Waals surface area contributed by atoms with E-state index in [-0.39, 0.29) is 0 Å². The molecule has 0 unspecified atom stereocenters. The molecule has 3 heteroatoms. The second kappa shape index (κ2) is 7.14. The van der Waals surface area contributed by atoms with E-state index in [1.54, 1.807) is 11.8 Å². The van der Waals surface area contributed by atoms with E-state index in [9.17, 15) is 0 Å². The Morgan fingerprint density at radius 2 is 1.85 bits per heavy atom. The van der Waals surface area contributed by atoms with Crippen LogP contribution >= 0.6 is 11.8 Å². The molecule has 0 fully saturated rings. The van der Waals surface area contributed by atoms with Gasteiger partial charge in [0.15, 0.2) is 0 Å². The van der Waals surface area contributed by atoms with E-state index in [4.69, 9.17) is 5.26 Å². The third-order valence-electron chi connectivity index (χ3n) is 3.30. The lowest BCUT2D eigenvalue weighted by Crippen LogP contribution is -2.18. The molecule has 0 saturated heterocycles. The zero-order valence-corrected chi connectivity index (χ0v) is 12.6. The van der Waals surface area contributed by atoms with Crippen LogP contribution in [-0.2, 0) is 6.54 Å². The van der Waals surface area contributed by atoms with E-state index in [0.717, 1.165) is 6.54 Å². The van der Waals surface area contributed by atoms with Crippen LogP contribution in [0.1, 0.15) is 29.7 Å². The Kier molecular flexibility index (Phi) is 5.23. The van der Waals surface area contributed by atoms with Crippen molar-refractivity contribution in [3.8, 4) is 6.07 Å². The van der Waals surface area contributed by atoms with E-state index in [1.165, 1.54) is 16.0 Å². The molecule has 2 nitrogen and oxygen atoms in total. The zero-order chi connectivity index (χ0) is 14.4. The number of thioether (sulfide) groups is 1. The standard InChI is InChI=1S/C17H18N2S/c1-13(16-5-3-4-6-17(16)20-2)19-12-15-9-7-14(11-18)8-10-15/h3-10,13,19H,12H2,1-2H3/t13-/m1/s1. The third kappa shape index (κ3) is 3.63. The smallest absolute Gasteiger partial charge is 0.0991 e. The molecule has 0 spiro atoms. The van der Waals surface area contributed by atoms with Crippen LogP contribution in [0.4, 0.5) is 0 Å². The summed E-state index contributed by atoms with van der Waals surface area (Å²) in [6, 6.07) is 18.6. The summed E-state index contributed by atoms with van der Waals surface area (Å²) >= 11 is 1.77. The van der Waals surface area contributed by atoms with E-state index >= 15 is 0 Å². The van der Waals surface area contributed by atoms with Gasteiger partial charge in [0.1, 0.15) is 0 Å². The summed E-state index contributed by atoms with van der Waals surface area (Å²) < 4.78 is 0. The van der Waals surface area contributed by atoms with Crippen molar-refractivity contribution >= 4 is 11.8 Å². The normalized spacial score (nSPS) is 11.8. The second-order valence-corrected chi connectivity index (χ2v) is 5.50. The molecule has 1 N–H and O–H groups in total. The molecule has 1 atom stereocenters. The maximum absolute atomic E-state index is 8.79. The van der Waals surface area contributed by atoms with Gasteiger partial charge in [-0.15, -0.1) is 11.8 Å². The van der Waals surface area contributed by atoms with Gasteiger partial charge < -0.3 is 5.32 Å². The fourth-order valence-corrected chi connectivity index (χ4v) is 2.80. The lowest BCUT2D eigenvalue weighted by molar-refractivity contribution is 0.567. The Morgan fingerprint density at radius 1 is 1.15 bits per heavy atom. The van der Waals surface area contributed by atoms with Gasteiger partial charge in [-0.2, -0.15) is 5.26 Å². The number of nitrogens with zero attached hydrogens (tertiary/aromatic N) is 1. The van der Waals surface area contributed by atoms with Crippen LogP contribution in [0, 0.1) is 11.3 Å². The SMILES string of the molecule is CSc1ccccc1[C@@H](C)NCc1ccc(C#N)cc1. The van der Waals surface area contributed by atoms with Gasteiger partial charge in [0, 0.05) is 17.5 Å². The predicted octanol–water partition coefficient (Wildman–Crippen LogP) is 4.13. The molecular weight excluding hydrogens is 264 g/mol. The summed E-state index contributed by atoms with van der Waals surface area (Å²) in [5, 5.41) is 12.3. The van der Waals surface area contributed by atoms with Crippen LogP contribution in [0.15, 0.2) is 53.4 Å². The molecular formula is C17H18N2S. The number of rotatable bonds is 5. The summed E-state index contributed by atoms with van der Waals surface area (Å²) in [6.45, 7) is 2.98. The van der Waals surface area contributed by atoms with Gasteiger partial charge in [0.05, 0.1) is 11.6 Å². The molecule has 0 aromatic heterocycles. The van der Waals surface area contributed by atoms with Crippen molar-refractivity contribution in [1.82, 2.24) is 5.32 Å². The number of nitrogens with one attached hydrogen (secondary N) is 1. The summed E-state index contributed by atoms with van der Waals surface area (Å²) in [5.74, 6) is 0. The molecule has 0 aliphatic heterocycles. The van der Waals surface area contributed by atoms with Crippen LogP contribution in [0.2, 0.25) is 0 Å². The highest BCUT2D eigenvalue weighted by Gasteiger charge is 2.08. The minimum atomic E-state index is 0.300. The maximum atomic E-state index is 8.79. The third-order valence-corrected chi connectivity index (χ3v) is 4.11. The Bertz CT molecular complexity index is 599. The molecule has 0 aliphatic carbocycles. The Labute approximate surface area is 124 Å². The minimum Gasteiger partial charge on any atom is -0.306 e. The van der Waals surface area contributed by atoms with Crippen LogP contribution in [0.25, 0.3) is 0 Å². The van der Waals surface area contributed by atoms with E-state index in [1.807, 2.05) is 24.3 Å². The minimum absolute atomic E-state index is 0.300. The lowest BCUT2D eigenvalue weighted by atomic mass is 10.1. The van der Waals surface area contributed by atoms with Gasteiger partial charge in [0.25, 0.3) is 0 Å². The van der Waals surface area contributed by atoms with Crippen LogP contribution in [-0.4, -0.2) is 6.26 Å². The summed E-state index contributed by atoms with van der Waals surface area (Å²) in [6.07, 6.45) is 2.10. The quantitative estimate of drug-likeness (QED) is 0.838. The molecule has 0 radical (unpaired) electrons. The first-order valence-electron chi connectivity index (χ1n) is 6.60. The average Bonchev–Trinajstić information content (AvgIpc) is 2.53. The Hall–Kier alpha value is -1.76. The van der Waals surface area contributed by atoms with Crippen LogP contribution in [0.5, 0.6) is 0 Å². The van der Waals surface area contributed by atoms with Crippen molar-refractivity contribution in [2.24, 2.45) is 0 Å². The number of nitriles is 1. The van der Waals surface area contributed by atoms with Crippen molar-refractivity contribution in [3.05, 3.63) is 65.2 Å². The average molecular weight is 282 g/mol. The van der Waals surface area contributed by atoms with E-state index in [0.29, 0.717) is 11.6 Å². The molecule has 0 bridgehead atoms. The first-order chi connectivity index (χ1) is 9.74. The molecule has 102 valence electrons. The fraction of sp³-hybridized carbons (Fsp3) is 0.235. The summed E-state index contributed by atoms with van der Waals surface area (Å²) in [7, 11) is 0. The highest BCUT2D eigenvalue weighted by atomic mass is 32.2. The number of hydrogen-bond acceptors (Lipinski definition) is 3. The van der Waals surface area contributed by atoms with Gasteiger partial charge >= 0.3 is 0 Å². The van der Waals surface area contributed by atoms with Gasteiger partial charge in [0.2, 0.25) is 0 Å². The van der Waals surface area contributed by atoms with Gasteiger partial charge in [-0.1, -0.05) is 30.3 Å². The summed E-state index contributed by atoms with van der Waals surface area (Å²) in [5.41, 5.74) is 3.22.